The Balaban J connectivity index is 2.66. The van der Waals surface area contributed by atoms with Crippen LogP contribution in [0.1, 0.15) is 30.9 Å². The van der Waals surface area contributed by atoms with Gasteiger partial charge in [0.05, 0.1) is 0 Å². The number of benzene rings is 1. The molecule has 0 spiro atoms. The Labute approximate surface area is 94.2 Å². The van der Waals surface area contributed by atoms with E-state index in [2.05, 4.69) is 31.2 Å². The lowest BCUT2D eigenvalue weighted by molar-refractivity contribution is 0.790. The van der Waals surface area contributed by atoms with Crippen molar-refractivity contribution in [2.45, 2.75) is 30.7 Å². The summed E-state index contributed by atoms with van der Waals surface area (Å²) in [4.78, 5) is 0. The van der Waals surface area contributed by atoms with Gasteiger partial charge >= 0.3 is 19.3 Å². The van der Waals surface area contributed by atoms with Gasteiger partial charge in [-0.25, -0.2) is 0 Å². The van der Waals surface area contributed by atoms with Gasteiger partial charge in [0.25, 0.3) is 0 Å². The van der Waals surface area contributed by atoms with Gasteiger partial charge in [0.1, 0.15) is 0 Å². The monoisotopic (exact) mass is 206 g/mol. The van der Waals surface area contributed by atoms with Crippen LogP contribution < -0.4 is 0 Å². The fourth-order valence-electron chi connectivity index (χ4n) is 1.51. The molecule has 0 amide bonds. The summed E-state index contributed by atoms with van der Waals surface area (Å²) < 4.78 is 1.14. The second-order valence-electron chi connectivity index (χ2n) is 3.31. The van der Waals surface area contributed by atoms with Gasteiger partial charge in [0.2, 0.25) is 0 Å². The normalized spacial score (nSPS) is 9.69. The first-order chi connectivity index (χ1) is 6.38. The van der Waals surface area contributed by atoms with Gasteiger partial charge in [0, 0.05) is 0 Å². The average Bonchev–Trinajstić information content (AvgIpc) is 2.17. The average molecular weight is 207 g/mol. The maximum absolute atomic E-state index is 5.88. The number of hydrogen-bond acceptors (Lipinski definition) is 0. The molecule has 1 aromatic rings. The summed E-state index contributed by atoms with van der Waals surface area (Å²) in [6.07, 6.45) is 3.78. The minimum Gasteiger partial charge on any atom is -0.345 e. The van der Waals surface area contributed by atoms with Crippen molar-refractivity contribution in [3.8, 4) is 0 Å². The largest absolute Gasteiger partial charge is 0.505 e. The Morgan fingerprint density at radius 3 is 2.54 bits per heavy atom. The lowest BCUT2D eigenvalue weighted by Crippen LogP contribution is -1.96. The summed E-state index contributed by atoms with van der Waals surface area (Å²) in [5.74, 6) is 0. The Morgan fingerprint density at radius 2 is 1.92 bits per heavy atom. The zero-order valence-corrected chi connectivity index (χ0v) is 10.4. The van der Waals surface area contributed by atoms with E-state index in [0.717, 1.165) is 4.55 Å². The van der Waals surface area contributed by atoms with Crippen LogP contribution in [0.5, 0.6) is 0 Å². The molecule has 0 saturated carbocycles. The highest BCUT2D eigenvalue weighted by Crippen LogP contribution is 2.12. The summed E-state index contributed by atoms with van der Waals surface area (Å²) in [6.45, 7) is 2.24. The molecule has 0 radical (unpaired) electrons. The lowest BCUT2D eigenvalue weighted by Gasteiger charge is -2.06. The van der Waals surface area contributed by atoms with Crippen molar-refractivity contribution in [3.05, 3.63) is 35.4 Å². The third kappa shape index (κ3) is 3.88. The third-order valence-corrected chi connectivity index (χ3v) is 3.58. The van der Waals surface area contributed by atoms with Crippen LogP contribution in [0.3, 0.4) is 0 Å². The number of unbranched alkanes of at least 4 members (excludes halogenated alkanes) is 1. The van der Waals surface area contributed by atoms with Crippen LogP contribution in [0.2, 0.25) is 0 Å². The van der Waals surface area contributed by atoms with Gasteiger partial charge in [-0.1, -0.05) is 47.7 Å². The summed E-state index contributed by atoms with van der Waals surface area (Å²) in [5, 5.41) is 0. The van der Waals surface area contributed by atoms with Crippen molar-refractivity contribution in [2.24, 2.45) is 0 Å². The molecular formula is C11H15ClMg. The van der Waals surface area contributed by atoms with Gasteiger partial charge < -0.3 is 9.07 Å². The first-order valence-electron chi connectivity index (χ1n) is 5.01. The maximum Gasteiger partial charge on any atom is 0.505 e. The van der Waals surface area contributed by atoms with Crippen LogP contribution in [0.4, 0.5) is 0 Å². The van der Waals surface area contributed by atoms with E-state index in [1.54, 1.807) is 0 Å². The molecule has 0 unspecified atom stereocenters. The van der Waals surface area contributed by atoms with Gasteiger partial charge in [-0.2, -0.15) is 0 Å². The van der Waals surface area contributed by atoms with Crippen molar-refractivity contribution >= 4 is 28.3 Å². The molecule has 68 valence electrons. The van der Waals surface area contributed by atoms with E-state index in [4.69, 9.17) is 9.07 Å². The second-order valence-corrected chi connectivity index (χ2v) is 5.32. The van der Waals surface area contributed by atoms with E-state index in [-0.39, 0.29) is 19.3 Å². The Kier molecular flexibility index (Phi) is 5.84. The van der Waals surface area contributed by atoms with Crippen LogP contribution in [-0.2, 0) is 11.0 Å². The van der Waals surface area contributed by atoms with E-state index >= 15 is 0 Å². The number of halogens is 1. The fourth-order valence-corrected chi connectivity index (χ4v) is 2.82. The zero-order valence-electron chi connectivity index (χ0n) is 8.22. The summed E-state index contributed by atoms with van der Waals surface area (Å²) in [7, 11) is 5.88. The lowest BCUT2D eigenvalue weighted by atomic mass is 10.0. The van der Waals surface area contributed by atoms with Crippen molar-refractivity contribution in [2.75, 3.05) is 0 Å². The minimum absolute atomic E-state index is 0.357. The predicted molar refractivity (Wildman–Crippen MR) is 60.4 cm³/mol. The quantitative estimate of drug-likeness (QED) is 0.649. The Bertz CT molecular complexity index is 248. The molecular weight excluding hydrogens is 192 g/mol. The predicted octanol–water partition coefficient (Wildman–Crippen LogP) is 3.39. The molecule has 0 N–H and O–H groups in total. The van der Waals surface area contributed by atoms with E-state index < -0.39 is 0 Å². The Morgan fingerprint density at radius 1 is 1.23 bits per heavy atom. The molecule has 0 aromatic heterocycles. The van der Waals surface area contributed by atoms with Crippen molar-refractivity contribution in [1.82, 2.24) is 0 Å². The molecule has 0 aliphatic rings. The number of aryl methyl sites for hydroxylation is 1. The van der Waals surface area contributed by atoms with E-state index in [1.807, 2.05) is 0 Å². The third-order valence-electron chi connectivity index (χ3n) is 2.28. The van der Waals surface area contributed by atoms with Gasteiger partial charge in [-0.15, -0.1) is 0 Å². The van der Waals surface area contributed by atoms with Gasteiger partial charge in [-0.3, -0.25) is 0 Å². The van der Waals surface area contributed by atoms with Crippen molar-refractivity contribution in [3.63, 3.8) is 0 Å². The molecule has 13 heavy (non-hydrogen) atoms. The number of hydrogen-bond donors (Lipinski definition) is 0. The smallest absolute Gasteiger partial charge is 0.345 e. The summed E-state index contributed by atoms with van der Waals surface area (Å²) in [5.41, 5.74) is 3.00. The molecule has 1 rings (SSSR count). The summed E-state index contributed by atoms with van der Waals surface area (Å²) in [6, 6.07) is 8.71. The van der Waals surface area contributed by atoms with Crippen LogP contribution in [0, 0.1) is 0 Å². The van der Waals surface area contributed by atoms with Gasteiger partial charge in [-0.05, 0) is 18.4 Å². The molecule has 0 atom stereocenters. The standard InChI is InChI=1S/C11H15.ClH.Mg/c1-3-4-8-11-9-6-5-7-10(11)2;;/h5-7,9H,2-4,8H2,1H3;1H;/q;;+1/p-1. The highest BCUT2D eigenvalue weighted by Gasteiger charge is 2.01. The SMILES string of the molecule is CCCCc1ccccc1[CH2][Mg][Cl]. The van der Waals surface area contributed by atoms with Gasteiger partial charge in [0.15, 0.2) is 0 Å². The summed E-state index contributed by atoms with van der Waals surface area (Å²) >= 11 is -0.357. The van der Waals surface area contributed by atoms with Crippen LogP contribution in [0.25, 0.3) is 0 Å². The topological polar surface area (TPSA) is 0 Å². The molecule has 0 heterocycles. The zero-order chi connectivity index (χ0) is 9.52. The van der Waals surface area contributed by atoms with Crippen molar-refractivity contribution < 1.29 is 0 Å². The highest BCUT2D eigenvalue weighted by molar-refractivity contribution is 6.93. The van der Waals surface area contributed by atoms with Crippen LogP contribution in [-0.4, -0.2) is 19.3 Å². The van der Waals surface area contributed by atoms with E-state index in [9.17, 15) is 0 Å². The Hall–Kier alpha value is 0.276. The molecule has 0 aliphatic heterocycles. The first kappa shape index (κ1) is 11.4. The molecule has 0 bridgehead atoms. The van der Waals surface area contributed by atoms with E-state index in [1.165, 1.54) is 30.4 Å². The fraction of sp³-hybridized carbons (Fsp3) is 0.455. The molecule has 0 saturated heterocycles. The molecule has 0 fully saturated rings. The second kappa shape index (κ2) is 6.69. The minimum atomic E-state index is -0.357. The maximum atomic E-state index is 5.88. The van der Waals surface area contributed by atoms with Crippen LogP contribution >= 0.6 is 9.07 Å². The molecule has 0 nitrogen and oxygen atoms in total. The van der Waals surface area contributed by atoms with E-state index in [0.29, 0.717) is 0 Å². The number of rotatable bonds is 5. The van der Waals surface area contributed by atoms with Crippen molar-refractivity contribution in [1.29, 1.82) is 0 Å². The highest BCUT2D eigenvalue weighted by atomic mass is 35.5. The first-order valence-corrected chi connectivity index (χ1v) is 8.15. The molecule has 1 aromatic carbocycles. The molecule has 0 aliphatic carbocycles. The van der Waals surface area contributed by atoms with Crippen LogP contribution in [0.15, 0.2) is 24.3 Å². The molecule has 2 heteroatoms.